The van der Waals surface area contributed by atoms with E-state index in [4.69, 9.17) is 0 Å². The highest BCUT2D eigenvalue weighted by atomic mass is 19.4. The second-order valence-corrected chi connectivity index (χ2v) is 4.94. The molecule has 0 bridgehead atoms. The lowest BCUT2D eigenvalue weighted by Crippen LogP contribution is -2.19. The third-order valence-electron chi connectivity index (χ3n) is 3.02. The summed E-state index contributed by atoms with van der Waals surface area (Å²) in [4.78, 5) is 0. The van der Waals surface area contributed by atoms with Crippen molar-refractivity contribution in [2.45, 2.75) is 77.3 Å². The summed E-state index contributed by atoms with van der Waals surface area (Å²) in [6.07, 6.45) is 5.64. The van der Waals surface area contributed by atoms with Gasteiger partial charge in [-0.2, -0.15) is 13.2 Å². The Bertz CT molecular complexity index is 169. The number of hydrogen-bond acceptors (Lipinski definition) is 1. The predicted octanol–water partition coefficient (Wildman–Crippen LogP) is 5.06. The van der Waals surface area contributed by atoms with Gasteiger partial charge in [-0.25, -0.2) is 0 Å². The van der Waals surface area contributed by atoms with E-state index < -0.39 is 12.6 Å². The maximum atomic E-state index is 11.8. The number of alkyl halides is 3. The summed E-state index contributed by atoms with van der Waals surface area (Å²) in [5.74, 6) is 0. The number of hydrogen-bond donors (Lipinski definition) is 1. The fourth-order valence-electron chi connectivity index (χ4n) is 1.92. The Balaban J connectivity index is 2.99. The van der Waals surface area contributed by atoms with Gasteiger partial charge < -0.3 is 5.32 Å². The predicted molar refractivity (Wildman–Crippen MR) is 70.8 cm³/mol. The molecule has 0 fully saturated rings. The molecule has 4 heteroatoms. The molecule has 0 amide bonds. The highest BCUT2D eigenvalue weighted by Gasteiger charge is 2.25. The lowest BCUT2D eigenvalue weighted by atomic mass is 10.1. The standard InChI is InChI=1S/C14H28F3N/c1-2-3-4-5-6-7-8-9-12-18-13-10-11-14(15,16)17/h18H,2-13H2,1H3. The first-order chi connectivity index (χ1) is 8.56. The monoisotopic (exact) mass is 267 g/mol. The molecule has 0 saturated carbocycles. The zero-order valence-electron chi connectivity index (χ0n) is 11.6. The second kappa shape index (κ2) is 11.8. The Hall–Kier alpha value is -0.250. The Morgan fingerprint density at radius 2 is 1.22 bits per heavy atom. The molecule has 0 saturated heterocycles. The van der Waals surface area contributed by atoms with E-state index >= 15 is 0 Å². The van der Waals surface area contributed by atoms with Gasteiger partial charge >= 0.3 is 6.18 Å². The highest BCUT2D eigenvalue weighted by molar-refractivity contribution is 4.54. The fraction of sp³-hybridized carbons (Fsp3) is 1.00. The van der Waals surface area contributed by atoms with Crippen molar-refractivity contribution in [3.05, 3.63) is 0 Å². The highest BCUT2D eigenvalue weighted by Crippen LogP contribution is 2.20. The number of nitrogens with one attached hydrogen (secondary N) is 1. The fourth-order valence-corrected chi connectivity index (χ4v) is 1.92. The number of unbranched alkanes of at least 4 members (excludes halogenated alkanes) is 7. The second-order valence-electron chi connectivity index (χ2n) is 4.94. The average molecular weight is 267 g/mol. The molecule has 1 N–H and O–H groups in total. The van der Waals surface area contributed by atoms with Gasteiger partial charge in [-0.1, -0.05) is 51.9 Å². The molecular formula is C14H28F3N. The Morgan fingerprint density at radius 3 is 1.78 bits per heavy atom. The molecule has 1 nitrogen and oxygen atoms in total. The van der Waals surface area contributed by atoms with Gasteiger partial charge in [-0.05, 0) is 25.9 Å². The van der Waals surface area contributed by atoms with Crippen LogP contribution in [-0.2, 0) is 0 Å². The quantitative estimate of drug-likeness (QED) is 0.487. The minimum atomic E-state index is -4.00. The van der Waals surface area contributed by atoms with Gasteiger partial charge in [0, 0.05) is 6.42 Å². The van der Waals surface area contributed by atoms with Crippen LogP contribution in [0, 0.1) is 0 Å². The van der Waals surface area contributed by atoms with E-state index in [1.807, 2.05) is 0 Å². The first kappa shape index (κ1) is 17.8. The van der Waals surface area contributed by atoms with E-state index in [2.05, 4.69) is 12.2 Å². The largest absolute Gasteiger partial charge is 0.389 e. The summed E-state index contributed by atoms with van der Waals surface area (Å²) in [6.45, 7) is 3.55. The normalized spacial score (nSPS) is 12.0. The zero-order chi connectivity index (χ0) is 13.7. The molecule has 0 aliphatic rings. The van der Waals surface area contributed by atoms with Crippen LogP contribution in [0.5, 0.6) is 0 Å². The number of rotatable bonds is 12. The molecule has 0 heterocycles. The molecular weight excluding hydrogens is 239 g/mol. The maximum Gasteiger partial charge on any atom is 0.389 e. The van der Waals surface area contributed by atoms with Crippen LogP contribution < -0.4 is 5.32 Å². The lowest BCUT2D eigenvalue weighted by molar-refractivity contribution is -0.135. The minimum Gasteiger partial charge on any atom is -0.317 e. The summed E-state index contributed by atoms with van der Waals surface area (Å²) < 4.78 is 35.5. The van der Waals surface area contributed by atoms with E-state index in [0.717, 1.165) is 13.0 Å². The van der Waals surface area contributed by atoms with E-state index in [9.17, 15) is 13.2 Å². The van der Waals surface area contributed by atoms with Gasteiger partial charge in [-0.3, -0.25) is 0 Å². The molecule has 0 aromatic carbocycles. The van der Waals surface area contributed by atoms with Crippen molar-refractivity contribution >= 4 is 0 Å². The van der Waals surface area contributed by atoms with E-state index in [1.54, 1.807) is 0 Å². The Labute approximate surface area is 110 Å². The lowest BCUT2D eigenvalue weighted by Gasteiger charge is -2.07. The summed E-state index contributed by atoms with van der Waals surface area (Å²) in [5.41, 5.74) is 0. The molecule has 0 radical (unpaired) electrons. The van der Waals surface area contributed by atoms with Crippen LogP contribution >= 0.6 is 0 Å². The van der Waals surface area contributed by atoms with Gasteiger partial charge in [-0.15, -0.1) is 0 Å². The SMILES string of the molecule is CCCCCCCCCCNCCCC(F)(F)F. The van der Waals surface area contributed by atoms with Crippen LogP contribution in [0.3, 0.4) is 0 Å². The summed E-state index contributed by atoms with van der Waals surface area (Å²) in [6, 6.07) is 0. The van der Waals surface area contributed by atoms with Crippen molar-refractivity contribution in [1.29, 1.82) is 0 Å². The molecule has 0 aliphatic heterocycles. The van der Waals surface area contributed by atoms with Gasteiger partial charge in [0.1, 0.15) is 0 Å². The van der Waals surface area contributed by atoms with Crippen LogP contribution in [0.15, 0.2) is 0 Å². The molecule has 0 aliphatic carbocycles. The summed E-state index contributed by atoms with van der Waals surface area (Å²) >= 11 is 0. The first-order valence-corrected chi connectivity index (χ1v) is 7.33. The molecule has 18 heavy (non-hydrogen) atoms. The van der Waals surface area contributed by atoms with Crippen LogP contribution in [0.1, 0.15) is 71.1 Å². The molecule has 0 aromatic heterocycles. The molecule has 0 spiro atoms. The Morgan fingerprint density at radius 1 is 0.722 bits per heavy atom. The van der Waals surface area contributed by atoms with Crippen molar-refractivity contribution in [2.24, 2.45) is 0 Å². The smallest absolute Gasteiger partial charge is 0.317 e. The molecule has 0 rings (SSSR count). The van der Waals surface area contributed by atoms with Crippen molar-refractivity contribution in [3.8, 4) is 0 Å². The van der Waals surface area contributed by atoms with E-state index in [0.29, 0.717) is 6.54 Å². The van der Waals surface area contributed by atoms with Gasteiger partial charge in [0.15, 0.2) is 0 Å². The molecule has 0 aromatic rings. The van der Waals surface area contributed by atoms with Gasteiger partial charge in [0.2, 0.25) is 0 Å². The molecule has 0 atom stereocenters. The van der Waals surface area contributed by atoms with Crippen LogP contribution in [-0.4, -0.2) is 19.3 Å². The van der Waals surface area contributed by atoms with Crippen LogP contribution in [0.25, 0.3) is 0 Å². The number of halogens is 3. The maximum absolute atomic E-state index is 11.8. The van der Waals surface area contributed by atoms with Crippen LogP contribution in [0.4, 0.5) is 13.2 Å². The first-order valence-electron chi connectivity index (χ1n) is 7.33. The van der Waals surface area contributed by atoms with Crippen LogP contribution in [0.2, 0.25) is 0 Å². The minimum absolute atomic E-state index is 0.195. The van der Waals surface area contributed by atoms with Crippen molar-refractivity contribution in [3.63, 3.8) is 0 Å². The third kappa shape index (κ3) is 15.8. The third-order valence-corrected chi connectivity index (χ3v) is 3.02. The van der Waals surface area contributed by atoms with Gasteiger partial charge in [0.05, 0.1) is 0 Å². The molecule has 110 valence electrons. The van der Waals surface area contributed by atoms with Crippen molar-refractivity contribution in [2.75, 3.05) is 13.1 Å². The molecule has 0 unspecified atom stereocenters. The summed E-state index contributed by atoms with van der Waals surface area (Å²) in [7, 11) is 0. The van der Waals surface area contributed by atoms with Crippen molar-refractivity contribution < 1.29 is 13.2 Å². The average Bonchev–Trinajstić information content (AvgIpc) is 2.29. The zero-order valence-corrected chi connectivity index (χ0v) is 11.6. The topological polar surface area (TPSA) is 12.0 Å². The summed E-state index contributed by atoms with van der Waals surface area (Å²) in [5, 5.41) is 3.07. The van der Waals surface area contributed by atoms with E-state index in [1.165, 1.54) is 44.9 Å². The van der Waals surface area contributed by atoms with Crippen molar-refractivity contribution in [1.82, 2.24) is 5.32 Å². The van der Waals surface area contributed by atoms with Gasteiger partial charge in [0.25, 0.3) is 0 Å². The Kier molecular flexibility index (Phi) is 11.7. The van der Waals surface area contributed by atoms with E-state index in [-0.39, 0.29) is 6.42 Å².